The summed E-state index contributed by atoms with van der Waals surface area (Å²) in [6.45, 7) is 6.65. The highest BCUT2D eigenvalue weighted by Gasteiger charge is 2.12. The molecule has 162 valence electrons. The molecule has 0 heterocycles. The van der Waals surface area contributed by atoms with Crippen LogP contribution in [0.4, 0.5) is 0 Å². The lowest BCUT2D eigenvalue weighted by Gasteiger charge is -2.13. The molecule has 0 aliphatic heterocycles. The topological polar surface area (TPSA) is 82.1 Å². The van der Waals surface area contributed by atoms with E-state index in [9.17, 15) is 14.7 Å². The van der Waals surface area contributed by atoms with Gasteiger partial charge in [0.15, 0.2) is 5.78 Å². The number of unbranched alkanes of at least 4 members (excludes halogenated alkanes) is 2. The number of phenolic OH excluding ortho intramolecular Hbond substituents is 1. The Balaban J connectivity index is 1.69. The number of ketones is 1. The number of esters is 1. The molecule has 2 aromatic carbocycles. The Morgan fingerprint density at radius 1 is 0.933 bits per heavy atom. The van der Waals surface area contributed by atoms with Crippen LogP contribution in [0.2, 0.25) is 0 Å². The first-order chi connectivity index (χ1) is 14.5. The summed E-state index contributed by atoms with van der Waals surface area (Å²) < 4.78 is 16.5. The standard InChI is InChI=1S/C24H30O6/c1-4-18-15-21(17(3)25)22(26)16-23(18)30-14-8-6-7-13-29-20-11-9-19(10-12-20)24(27)28-5-2/h9-12,15-16,26H,4-8,13-14H2,1-3H3. The maximum Gasteiger partial charge on any atom is 0.338 e. The third kappa shape index (κ3) is 6.79. The molecule has 1 N–H and O–H groups in total. The molecule has 0 atom stereocenters. The zero-order chi connectivity index (χ0) is 21.9. The zero-order valence-corrected chi connectivity index (χ0v) is 17.9. The Kier molecular flexibility index (Phi) is 9.19. The van der Waals surface area contributed by atoms with Gasteiger partial charge in [-0.3, -0.25) is 4.79 Å². The van der Waals surface area contributed by atoms with Crippen molar-refractivity contribution in [1.82, 2.24) is 0 Å². The maximum atomic E-state index is 11.6. The summed E-state index contributed by atoms with van der Waals surface area (Å²) in [5, 5.41) is 9.99. The van der Waals surface area contributed by atoms with E-state index in [2.05, 4.69) is 0 Å². The number of aryl methyl sites for hydroxylation is 1. The zero-order valence-electron chi connectivity index (χ0n) is 17.9. The van der Waals surface area contributed by atoms with Crippen LogP contribution >= 0.6 is 0 Å². The van der Waals surface area contributed by atoms with E-state index in [-0.39, 0.29) is 17.5 Å². The van der Waals surface area contributed by atoms with Crippen LogP contribution in [0, 0.1) is 0 Å². The fraction of sp³-hybridized carbons (Fsp3) is 0.417. The lowest BCUT2D eigenvalue weighted by Crippen LogP contribution is -2.05. The van der Waals surface area contributed by atoms with Gasteiger partial charge in [0.2, 0.25) is 0 Å². The molecule has 0 saturated heterocycles. The molecule has 0 aliphatic rings. The Hall–Kier alpha value is -3.02. The van der Waals surface area contributed by atoms with Crippen molar-refractivity contribution >= 4 is 11.8 Å². The van der Waals surface area contributed by atoms with Crippen LogP contribution in [0.1, 0.15) is 66.3 Å². The molecule has 6 nitrogen and oxygen atoms in total. The summed E-state index contributed by atoms with van der Waals surface area (Å²) in [7, 11) is 0. The lowest BCUT2D eigenvalue weighted by molar-refractivity contribution is 0.0526. The fourth-order valence-electron chi connectivity index (χ4n) is 2.96. The molecular formula is C24H30O6. The van der Waals surface area contributed by atoms with Crippen molar-refractivity contribution in [3.63, 3.8) is 0 Å². The number of benzene rings is 2. The van der Waals surface area contributed by atoms with E-state index in [1.165, 1.54) is 13.0 Å². The summed E-state index contributed by atoms with van der Waals surface area (Å²) in [5.41, 5.74) is 1.74. The first-order valence-corrected chi connectivity index (χ1v) is 10.4. The minimum atomic E-state index is -0.334. The largest absolute Gasteiger partial charge is 0.507 e. The van der Waals surface area contributed by atoms with E-state index < -0.39 is 0 Å². The SMILES string of the molecule is CCOC(=O)c1ccc(OCCCCCOc2cc(O)c(C(C)=O)cc2CC)cc1. The Bertz CT molecular complexity index is 842. The normalized spacial score (nSPS) is 10.5. The lowest BCUT2D eigenvalue weighted by atomic mass is 10.0. The van der Waals surface area contributed by atoms with Crippen molar-refractivity contribution < 1.29 is 28.9 Å². The van der Waals surface area contributed by atoms with Crippen molar-refractivity contribution in [2.75, 3.05) is 19.8 Å². The van der Waals surface area contributed by atoms with E-state index in [1.54, 1.807) is 37.3 Å². The number of aromatic hydroxyl groups is 1. The summed E-state index contributed by atoms with van der Waals surface area (Å²) in [4.78, 5) is 23.2. The first kappa shape index (κ1) is 23.3. The number of Topliss-reactive ketones (excluding diaryl/α,β-unsaturated/α-hetero) is 1. The quantitative estimate of drug-likeness (QED) is 0.300. The molecule has 2 aromatic rings. The number of hydrogen-bond donors (Lipinski definition) is 1. The molecule has 0 amide bonds. The van der Waals surface area contributed by atoms with Crippen LogP contribution in [0.3, 0.4) is 0 Å². The van der Waals surface area contributed by atoms with Gasteiger partial charge in [0.05, 0.1) is 30.9 Å². The summed E-state index contributed by atoms with van der Waals surface area (Å²) >= 11 is 0. The van der Waals surface area contributed by atoms with Gasteiger partial charge in [0.25, 0.3) is 0 Å². The third-order valence-corrected chi connectivity index (χ3v) is 4.62. The number of hydrogen-bond acceptors (Lipinski definition) is 6. The maximum absolute atomic E-state index is 11.6. The van der Waals surface area contributed by atoms with Gasteiger partial charge in [-0.05, 0) is 75.4 Å². The van der Waals surface area contributed by atoms with Crippen molar-refractivity contribution in [2.45, 2.75) is 46.5 Å². The van der Waals surface area contributed by atoms with Crippen LogP contribution in [-0.4, -0.2) is 36.7 Å². The van der Waals surface area contributed by atoms with Crippen LogP contribution in [-0.2, 0) is 11.2 Å². The molecule has 0 unspecified atom stereocenters. The highest BCUT2D eigenvalue weighted by molar-refractivity contribution is 5.97. The monoisotopic (exact) mass is 414 g/mol. The highest BCUT2D eigenvalue weighted by atomic mass is 16.5. The van der Waals surface area contributed by atoms with Gasteiger partial charge >= 0.3 is 5.97 Å². The van der Waals surface area contributed by atoms with Crippen LogP contribution < -0.4 is 9.47 Å². The second kappa shape index (κ2) is 11.9. The number of ether oxygens (including phenoxy) is 3. The predicted octanol–water partition coefficient (Wildman–Crippen LogP) is 4.96. The Morgan fingerprint density at radius 3 is 2.20 bits per heavy atom. The smallest absolute Gasteiger partial charge is 0.338 e. The van der Waals surface area contributed by atoms with Crippen LogP contribution in [0.15, 0.2) is 36.4 Å². The van der Waals surface area contributed by atoms with Crippen molar-refractivity contribution in [2.24, 2.45) is 0 Å². The molecule has 0 aliphatic carbocycles. The number of rotatable bonds is 12. The highest BCUT2D eigenvalue weighted by Crippen LogP contribution is 2.29. The van der Waals surface area contributed by atoms with Gasteiger partial charge < -0.3 is 19.3 Å². The van der Waals surface area contributed by atoms with E-state index in [0.29, 0.717) is 42.4 Å². The fourth-order valence-corrected chi connectivity index (χ4v) is 2.96. The number of carbonyl (C=O) groups is 2. The van der Waals surface area contributed by atoms with Gasteiger partial charge in [-0.25, -0.2) is 4.79 Å². The van der Waals surface area contributed by atoms with Gasteiger partial charge in [-0.2, -0.15) is 0 Å². The summed E-state index contributed by atoms with van der Waals surface area (Å²) in [6.07, 6.45) is 3.38. The van der Waals surface area contributed by atoms with Gasteiger partial charge in [0, 0.05) is 6.07 Å². The van der Waals surface area contributed by atoms with E-state index in [4.69, 9.17) is 14.2 Å². The molecule has 0 bridgehead atoms. The van der Waals surface area contributed by atoms with Crippen LogP contribution in [0.25, 0.3) is 0 Å². The predicted molar refractivity (Wildman–Crippen MR) is 115 cm³/mol. The van der Waals surface area contributed by atoms with Gasteiger partial charge in [-0.15, -0.1) is 0 Å². The third-order valence-electron chi connectivity index (χ3n) is 4.62. The second-order valence-corrected chi connectivity index (χ2v) is 6.89. The van der Waals surface area contributed by atoms with Crippen molar-refractivity contribution in [3.8, 4) is 17.2 Å². The average Bonchev–Trinajstić information content (AvgIpc) is 2.73. The summed E-state index contributed by atoms with van der Waals surface area (Å²) in [6, 6.07) is 10.1. The molecule has 0 spiro atoms. The molecule has 30 heavy (non-hydrogen) atoms. The summed E-state index contributed by atoms with van der Waals surface area (Å²) in [5.74, 6) is 0.798. The van der Waals surface area contributed by atoms with Crippen molar-refractivity contribution in [1.29, 1.82) is 0 Å². The minimum Gasteiger partial charge on any atom is -0.507 e. The molecule has 6 heteroatoms. The van der Waals surface area contributed by atoms with E-state index in [0.717, 1.165) is 31.2 Å². The minimum absolute atomic E-state index is 0.0444. The van der Waals surface area contributed by atoms with E-state index >= 15 is 0 Å². The molecule has 0 saturated carbocycles. The second-order valence-electron chi connectivity index (χ2n) is 6.89. The van der Waals surface area contributed by atoms with E-state index in [1.807, 2.05) is 6.92 Å². The average molecular weight is 414 g/mol. The van der Waals surface area contributed by atoms with Crippen molar-refractivity contribution in [3.05, 3.63) is 53.1 Å². The number of phenols is 1. The van der Waals surface area contributed by atoms with Gasteiger partial charge in [0.1, 0.15) is 17.2 Å². The molecule has 2 rings (SSSR count). The Labute approximate surface area is 177 Å². The van der Waals surface area contributed by atoms with Gasteiger partial charge in [-0.1, -0.05) is 6.92 Å². The first-order valence-electron chi connectivity index (χ1n) is 10.4. The number of carbonyl (C=O) groups excluding carboxylic acids is 2. The molecular weight excluding hydrogens is 384 g/mol. The van der Waals surface area contributed by atoms with Crippen LogP contribution in [0.5, 0.6) is 17.2 Å². The molecule has 0 aromatic heterocycles. The Morgan fingerprint density at radius 2 is 1.60 bits per heavy atom. The molecule has 0 fully saturated rings. The molecule has 0 radical (unpaired) electrons.